The van der Waals surface area contributed by atoms with Crippen molar-refractivity contribution in [1.29, 1.82) is 0 Å². The van der Waals surface area contributed by atoms with Gasteiger partial charge >= 0.3 is 12.0 Å². The monoisotopic (exact) mass is 227 g/mol. The number of carboxylic acids is 1. The minimum Gasteiger partial charge on any atom is -0.480 e. The van der Waals surface area contributed by atoms with Crippen molar-refractivity contribution in [2.75, 3.05) is 19.6 Å². The van der Waals surface area contributed by atoms with Crippen LogP contribution in [0.5, 0.6) is 0 Å². The molecule has 0 aromatic heterocycles. The third-order valence-electron chi connectivity index (χ3n) is 3.28. The number of likely N-dealkylation sites (tertiary alicyclic amines) is 2. The summed E-state index contributed by atoms with van der Waals surface area (Å²) in [5.74, 6) is -0.908. The van der Waals surface area contributed by atoms with Crippen molar-refractivity contribution in [3.63, 3.8) is 0 Å². The number of aliphatic carboxylic acids is 1. The minimum atomic E-state index is -0.908. The van der Waals surface area contributed by atoms with Crippen molar-refractivity contribution in [1.82, 2.24) is 9.80 Å². The number of carbonyl (C=O) groups excluding carboxylic acids is 1. The summed E-state index contributed by atoms with van der Waals surface area (Å²) in [4.78, 5) is 26.1. The van der Waals surface area contributed by atoms with E-state index in [2.05, 4.69) is 0 Å². The van der Waals surface area contributed by atoms with Crippen molar-refractivity contribution >= 4 is 12.0 Å². The lowest BCUT2D eigenvalue weighted by molar-refractivity contribution is -0.141. The van der Waals surface area contributed by atoms with E-state index in [0.29, 0.717) is 26.1 Å². The Morgan fingerprint density at radius 2 is 2.00 bits per heavy atom. The van der Waals surface area contributed by atoms with Crippen LogP contribution < -0.4 is 5.73 Å². The Balaban J connectivity index is 2.01. The Labute approximate surface area is 94.0 Å². The van der Waals surface area contributed by atoms with E-state index in [9.17, 15) is 9.59 Å². The first-order valence-electron chi connectivity index (χ1n) is 5.63. The Hall–Kier alpha value is -1.30. The van der Waals surface area contributed by atoms with Crippen LogP contribution in [0.15, 0.2) is 0 Å². The molecule has 2 aliphatic rings. The van der Waals surface area contributed by atoms with Gasteiger partial charge < -0.3 is 20.6 Å². The summed E-state index contributed by atoms with van der Waals surface area (Å²) in [6, 6.07) is -0.781. The number of carbonyl (C=O) groups is 2. The molecule has 2 atom stereocenters. The lowest BCUT2D eigenvalue weighted by Gasteiger charge is -2.27. The molecule has 2 amide bonds. The molecule has 16 heavy (non-hydrogen) atoms. The van der Waals surface area contributed by atoms with Crippen molar-refractivity contribution in [2.24, 2.45) is 5.73 Å². The molecule has 2 saturated heterocycles. The van der Waals surface area contributed by atoms with Crippen molar-refractivity contribution < 1.29 is 14.7 Å². The van der Waals surface area contributed by atoms with Gasteiger partial charge in [-0.15, -0.1) is 0 Å². The van der Waals surface area contributed by atoms with E-state index in [1.807, 2.05) is 0 Å². The summed E-state index contributed by atoms with van der Waals surface area (Å²) in [6.45, 7) is 1.73. The number of hydrogen-bond donors (Lipinski definition) is 2. The van der Waals surface area contributed by atoms with Gasteiger partial charge in [0.2, 0.25) is 0 Å². The molecule has 0 spiro atoms. The third kappa shape index (κ3) is 1.97. The standard InChI is InChI=1S/C10H17N3O3/c11-7-3-5-12(6-7)10(16)13-4-1-2-8(13)9(14)15/h7-8H,1-6,11H2,(H,14,15). The summed E-state index contributed by atoms with van der Waals surface area (Å²) < 4.78 is 0. The zero-order chi connectivity index (χ0) is 11.7. The number of amides is 2. The average molecular weight is 227 g/mol. The van der Waals surface area contributed by atoms with Gasteiger partial charge in [-0.3, -0.25) is 0 Å². The second-order valence-electron chi connectivity index (χ2n) is 4.47. The van der Waals surface area contributed by atoms with Crippen LogP contribution >= 0.6 is 0 Å². The molecule has 90 valence electrons. The van der Waals surface area contributed by atoms with Crippen LogP contribution in [-0.4, -0.2) is 58.6 Å². The highest BCUT2D eigenvalue weighted by atomic mass is 16.4. The third-order valence-corrected chi connectivity index (χ3v) is 3.28. The molecular weight excluding hydrogens is 210 g/mol. The van der Waals surface area contributed by atoms with Gasteiger partial charge in [0, 0.05) is 25.7 Å². The van der Waals surface area contributed by atoms with Crippen LogP contribution in [-0.2, 0) is 4.79 Å². The smallest absolute Gasteiger partial charge is 0.326 e. The highest BCUT2D eigenvalue weighted by molar-refractivity contribution is 5.83. The fourth-order valence-corrected chi connectivity index (χ4v) is 2.40. The molecule has 2 aliphatic heterocycles. The molecule has 0 radical (unpaired) electrons. The molecule has 2 unspecified atom stereocenters. The lowest BCUT2D eigenvalue weighted by Crippen LogP contribution is -2.47. The molecule has 3 N–H and O–H groups in total. The van der Waals surface area contributed by atoms with Gasteiger partial charge in [-0.25, -0.2) is 9.59 Å². The maximum absolute atomic E-state index is 12.0. The second-order valence-corrected chi connectivity index (χ2v) is 4.47. The summed E-state index contributed by atoms with van der Waals surface area (Å²) in [5, 5.41) is 8.99. The molecular formula is C10H17N3O3. The van der Waals surface area contributed by atoms with Crippen LogP contribution in [0.2, 0.25) is 0 Å². The zero-order valence-electron chi connectivity index (χ0n) is 9.13. The van der Waals surface area contributed by atoms with E-state index >= 15 is 0 Å². The van der Waals surface area contributed by atoms with E-state index in [1.54, 1.807) is 4.90 Å². The molecule has 6 nitrogen and oxygen atoms in total. The molecule has 0 bridgehead atoms. The van der Waals surface area contributed by atoms with E-state index in [-0.39, 0.29) is 12.1 Å². The molecule has 0 aliphatic carbocycles. The highest BCUT2D eigenvalue weighted by Crippen LogP contribution is 2.21. The van der Waals surface area contributed by atoms with Gasteiger partial charge in [0.25, 0.3) is 0 Å². The molecule has 0 saturated carbocycles. The van der Waals surface area contributed by atoms with Gasteiger partial charge in [-0.1, -0.05) is 0 Å². The predicted octanol–water partition coefficient (Wildman–Crippen LogP) is -0.312. The van der Waals surface area contributed by atoms with Gasteiger partial charge in [0.1, 0.15) is 6.04 Å². The number of nitrogens with two attached hydrogens (primary N) is 1. The second kappa shape index (κ2) is 4.29. The Morgan fingerprint density at radius 3 is 2.56 bits per heavy atom. The number of nitrogens with zero attached hydrogens (tertiary/aromatic N) is 2. The highest BCUT2D eigenvalue weighted by Gasteiger charge is 2.37. The topological polar surface area (TPSA) is 86.9 Å². The molecule has 6 heteroatoms. The summed E-state index contributed by atoms with van der Waals surface area (Å²) in [6.07, 6.45) is 2.13. The van der Waals surface area contributed by atoms with Gasteiger partial charge in [0.05, 0.1) is 0 Å². The Kier molecular flexibility index (Phi) is 3.00. The van der Waals surface area contributed by atoms with E-state index < -0.39 is 12.0 Å². The largest absolute Gasteiger partial charge is 0.480 e. The normalized spacial score (nSPS) is 29.8. The average Bonchev–Trinajstić information content (AvgIpc) is 2.84. The van der Waals surface area contributed by atoms with Crippen molar-refractivity contribution in [2.45, 2.75) is 31.3 Å². The Bertz CT molecular complexity index is 308. The van der Waals surface area contributed by atoms with E-state index in [4.69, 9.17) is 10.8 Å². The molecule has 0 aromatic carbocycles. The fourth-order valence-electron chi connectivity index (χ4n) is 2.40. The lowest BCUT2D eigenvalue weighted by atomic mass is 10.2. The van der Waals surface area contributed by atoms with Crippen LogP contribution in [0.3, 0.4) is 0 Å². The number of urea groups is 1. The first-order chi connectivity index (χ1) is 7.59. The van der Waals surface area contributed by atoms with Crippen LogP contribution in [0.25, 0.3) is 0 Å². The van der Waals surface area contributed by atoms with E-state index in [0.717, 1.165) is 12.8 Å². The molecule has 2 rings (SSSR count). The summed E-state index contributed by atoms with van der Waals surface area (Å²) >= 11 is 0. The maximum Gasteiger partial charge on any atom is 0.326 e. The SMILES string of the molecule is NC1CCN(C(=O)N2CCCC2C(=O)O)C1. The quantitative estimate of drug-likeness (QED) is 0.643. The van der Waals surface area contributed by atoms with Gasteiger partial charge in [-0.05, 0) is 19.3 Å². The number of hydrogen-bond acceptors (Lipinski definition) is 3. The maximum atomic E-state index is 12.0. The Morgan fingerprint density at radius 1 is 1.25 bits per heavy atom. The minimum absolute atomic E-state index is 0.0369. The summed E-state index contributed by atoms with van der Waals surface area (Å²) in [7, 11) is 0. The van der Waals surface area contributed by atoms with Gasteiger partial charge in [-0.2, -0.15) is 0 Å². The molecule has 2 heterocycles. The first-order valence-corrected chi connectivity index (χ1v) is 5.63. The van der Waals surface area contributed by atoms with Crippen LogP contribution in [0, 0.1) is 0 Å². The fraction of sp³-hybridized carbons (Fsp3) is 0.800. The first kappa shape index (κ1) is 11.2. The van der Waals surface area contributed by atoms with Crippen molar-refractivity contribution in [3.05, 3.63) is 0 Å². The van der Waals surface area contributed by atoms with Crippen LogP contribution in [0.1, 0.15) is 19.3 Å². The summed E-state index contributed by atoms with van der Waals surface area (Å²) in [5.41, 5.74) is 5.73. The van der Waals surface area contributed by atoms with Crippen LogP contribution in [0.4, 0.5) is 4.79 Å². The molecule has 0 aromatic rings. The van der Waals surface area contributed by atoms with Crippen molar-refractivity contribution in [3.8, 4) is 0 Å². The zero-order valence-corrected chi connectivity index (χ0v) is 9.13. The predicted molar refractivity (Wildman–Crippen MR) is 56.9 cm³/mol. The van der Waals surface area contributed by atoms with E-state index in [1.165, 1.54) is 4.90 Å². The molecule has 2 fully saturated rings. The number of rotatable bonds is 1. The van der Waals surface area contributed by atoms with Gasteiger partial charge in [0.15, 0.2) is 0 Å². The number of carboxylic acid groups (broad SMARTS) is 1.